The van der Waals surface area contributed by atoms with Crippen molar-refractivity contribution in [1.82, 2.24) is 0 Å². The molecule has 2 heteroatoms. The van der Waals surface area contributed by atoms with Crippen LogP contribution in [0.15, 0.2) is 60.7 Å². The highest BCUT2D eigenvalue weighted by Crippen LogP contribution is 2.23. The quantitative estimate of drug-likeness (QED) is 0.869. The molecule has 104 valence electrons. The summed E-state index contributed by atoms with van der Waals surface area (Å²) in [6, 6.07) is 19.3. The number of rotatable bonds is 6. The van der Waals surface area contributed by atoms with Crippen LogP contribution in [0.25, 0.3) is 0 Å². The van der Waals surface area contributed by atoms with Gasteiger partial charge in [-0.1, -0.05) is 67.6 Å². The minimum Gasteiger partial charge on any atom is -0.388 e. The van der Waals surface area contributed by atoms with Gasteiger partial charge in [-0.3, -0.25) is 4.79 Å². The van der Waals surface area contributed by atoms with Crippen LogP contribution in [-0.4, -0.2) is 10.9 Å². The molecule has 0 aliphatic carbocycles. The summed E-state index contributed by atoms with van der Waals surface area (Å²) in [7, 11) is 0. The number of hydrogen-bond donors (Lipinski definition) is 1. The van der Waals surface area contributed by atoms with Crippen molar-refractivity contribution in [2.24, 2.45) is 5.92 Å². The first-order chi connectivity index (χ1) is 9.68. The lowest BCUT2D eigenvalue weighted by molar-refractivity contribution is -0.125. The Morgan fingerprint density at radius 2 is 1.55 bits per heavy atom. The van der Waals surface area contributed by atoms with E-state index in [1.54, 1.807) is 6.92 Å². The standard InChI is InChI=1S/C18H20O2/c1-14(18(20)16-10-6-3-7-11-16)17(19)13-12-15-8-4-2-5-9-15/h2-11,14,18,20H,12-13H2,1H3/t14-,18-/m1/s1. The van der Waals surface area contributed by atoms with E-state index >= 15 is 0 Å². The predicted octanol–water partition coefficient (Wildman–Crippen LogP) is 3.56. The lowest BCUT2D eigenvalue weighted by atomic mass is 9.91. The number of aliphatic hydroxyl groups excluding tert-OH is 1. The molecule has 0 aliphatic rings. The average Bonchev–Trinajstić information content (AvgIpc) is 2.53. The summed E-state index contributed by atoms with van der Waals surface area (Å²) in [5.74, 6) is -0.272. The van der Waals surface area contributed by atoms with Crippen molar-refractivity contribution < 1.29 is 9.90 Å². The highest BCUT2D eigenvalue weighted by molar-refractivity contribution is 5.81. The van der Waals surface area contributed by atoms with Crippen LogP contribution in [0.5, 0.6) is 0 Å². The van der Waals surface area contributed by atoms with Crippen molar-refractivity contribution in [3.63, 3.8) is 0 Å². The van der Waals surface area contributed by atoms with Gasteiger partial charge in [0.15, 0.2) is 0 Å². The molecular weight excluding hydrogens is 248 g/mol. The zero-order chi connectivity index (χ0) is 14.4. The number of Topliss-reactive ketones (excluding diaryl/α,β-unsaturated/α-hetero) is 1. The average molecular weight is 268 g/mol. The Morgan fingerprint density at radius 1 is 1.00 bits per heavy atom. The van der Waals surface area contributed by atoms with E-state index < -0.39 is 6.10 Å². The molecule has 2 atom stereocenters. The van der Waals surface area contributed by atoms with Crippen molar-refractivity contribution in [3.05, 3.63) is 71.8 Å². The third kappa shape index (κ3) is 3.78. The number of carbonyl (C=O) groups excluding carboxylic acids is 1. The Hall–Kier alpha value is -1.93. The topological polar surface area (TPSA) is 37.3 Å². The van der Waals surface area contributed by atoms with Crippen molar-refractivity contribution >= 4 is 5.78 Å². The van der Waals surface area contributed by atoms with Crippen LogP contribution < -0.4 is 0 Å². The third-order valence-electron chi connectivity index (χ3n) is 3.63. The van der Waals surface area contributed by atoms with E-state index in [2.05, 4.69) is 0 Å². The maximum absolute atomic E-state index is 12.2. The van der Waals surface area contributed by atoms with E-state index in [0.717, 1.165) is 17.5 Å². The van der Waals surface area contributed by atoms with Gasteiger partial charge in [-0.05, 0) is 17.5 Å². The van der Waals surface area contributed by atoms with Gasteiger partial charge in [-0.2, -0.15) is 0 Å². The molecule has 0 saturated carbocycles. The van der Waals surface area contributed by atoms with Crippen LogP contribution in [-0.2, 0) is 11.2 Å². The highest BCUT2D eigenvalue weighted by Gasteiger charge is 2.22. The highest BCUT2D eigenvalue weighted by atomic mass is 16.3. The molecule has 0 aromatic heterocycles. The second kappa shape index (κ2) is 7.01. The minimum absolute atomic E-state index is 0.102. The van der Waals surface area contributed by atoms with Gasteiger partial charge in [0.2, 0.25) is 0 Å². The summed E-state index contributed by atoms with van der Waals surface area (Å²) in [6.07, 6.45) is 0.472. The van der Waals surface area contributed by atoms with Crippen LogP contribution in [0.3, 0.4) is 0 Å². The van der Waals surface area contributed by atoms with Gasteiger partial charge < -0.3 is 5.11 Å². The van der Waals surface area contributed by atoms with Crippen molar-refractivity contribution in [3.8, 4) is 0 Å². The lowest BCUT2D eigenvalue weighted by Crippen LogP contribution is -2.19. The molecule has 0 spiro atoms. The monoisotopic (exact) mass is 268 g/mol. The van der Waals surface area contributed by atoms with Crippen LogP contribution in [0.1, 0.15) is 30.6 Å². The Kier molecular flexibility index (Phi) is 5.08. The summed E-state index contributed by atoms with van der Waals surface area (Å²) in [5, 5.41) is 10.2. The Morgan fingerprint density at radius 3 is 2.15 bits per heavy atom. The fourth-order valence-electron chi connectivity index (χ4n) is 2.25. The minimum atomic E-state index is -0.723. The van der Waals surface area contributed by atoms with Crippen LogP contribution in [0.2, 0.25) is 0 Å². The zero-order valence-electron chi connectivity index (χ0n) is 11.7. The molecule has 2 aromatic carbocycles. The number of hydrogen-bond acceptors (Lipinski definition) is 2. The van der Waals surface area contributed by atoms with E-state index in [4.69, 9.17) is 0 Å². The molecular formula is C18H20O2. The van der Waals surface area contributed by atoms with Gasteiger partial charge in [0, 0.05) is 12.3 Å². The van der Waals surface area contributed by atoms with Gasteiger partial charge in [-0.25, -0.2) is 0 Å². The normalized spacial score (nSPS) is 13.7. The first-order valence-electron chi connectivity index (χ1n) is 6.98. The van der Waals surface area contributed by atoms with Crippen LogP contribution in [0.4, 0.5) is 0 Å². The molecule has 1 N–H and O–H groups in total. The molecule has 0 amide bonds. The molecule has 0 saturated heterocycles. The predicted molar refractivity (Wildman–Crippen MR) is 80.3 cm³/mol. The summed E-state index contributed by atoms with van der Waals surface area (Å²) in [4.78, 5) is 12.2. The second-order valence-electron chi connectivity index (χ2n) is 5.10. The van der Waals surface area contributed by atoms with Crippen LogP contribution in [0, 0.1) is 5.92 Å². The molecule has 0 fully saturated rings. The Bertz CT molecular complexity index is 534. The summed E-state index contributed by atoms with van der Waals surface area (Å²) in [6.45, 7) is 1.80. The first-order valence-corrected chi connectivity index (χ1v) is 6.98. The number of carbonyl (C=O) groups is 1. The van der Waals surface area contributed by atoms with Crippen LogP contribution >= 0.6 is 0 Å². The van der Waals surface area contributed by atoms with E-state index in [1.807, 2.05) is 60.7 Å². The maximum Gasteiger partial charge on any atom is 0.138 e. The van der Waals surface area contributed by atoms with Crippen molar-refractivity contribution in [1.29, 1.82) is 0 Å². The smallest absolute Gasteiger partial charge is 0.138 e. The number of aryl methyl sites for hydroxylation is 1. The molecule has 0 heterocycles. The first kappa shape index (κ1) is 14.5. The van der Waals surface area contributed by atoms with Gasteiger partial charge in [-0.15, -0.1) is 0 Å². The van der Waals surface area contributed by atoms with Crippen molar-refractivity contribution in [2.75, 3.05) is 0 Å². The van der Waals surface area contributed by atoms with E-state index in [0.29, 0.717) is 6.42 Å². The molecule has 0 radical (unpaired) electrons. The van der Waals surface area contributed by atoms with Gasteiger partial charge >= 0.3 is 0 Å². The summed E-state index contributed by atoms with van der Waals surface area (Å²) >= 11 is 0. The Balaban J connectivity index is 1.92. The lowest BCUT2D eigenvalue weighted by Gasteiger charge is -2.18. The Labute approximate surface area is 120 Å². The number of ketones is 1. The molecule has 20 heavy (non-hydrogen) atoms. The van der Waals surface area contributed by atoms with Crippen molar-refractivity contribution in [2.45, 2.75) is 25.9 Å². The SMILES string of the molecule is C[C@H](C(=O)CCc1ccccc1)[C@@H](O)c1ccccc1. The molecule has 2 rings (SSSR count). The fraction of sp³-hybridized carbons (Fsp3) is 0.278. The summed E-state index contributed by atoms with van der Waals surface area (Å²) in [5.41, 5.74) is 1.95. The molecule has 0 aliphatic heterocycles. The largest absolute Gasteiger partial charge is 0.388 e. The molecule has 0 unspecified atom stereocenters. The van der Waals surface area contributed by atoms with Gasteiger partial charge in [0.25, 0.3) is 0 Å². The fourth-order valence-corrected chi connectivity index (χ4v) is 2.25. The molecule has 0 bridgehead atoms. The van der Waals surface area contributed by atoms with E-state index in [1.165, 1.54) is 0 Å². The molecule has 2 aromatic rings. The van der Waals surface area contributed by atoms with E-state index in [9.17, 15) is 9.90 Å². The van der Waals surface area contributed by atoms with E-state index in [-0.39, 0.29) is 11.7 Å². The second-order valence-corrected chi connectivity index (χ2v) is 5.10. The number of benzene rings is 2. The summed E-state index contributed by atoms with van der Waals surface area (Å²) < 4.78 is 0. The zero-order valence-corrected chi connectivity index (χ0v) is 11.7. The molecule has 2 nitrogen and oxygen atoms in total. The number of aliphatic hydroxyl groups is 1. The van der Waals surface area contributed by atoms with Gasteiger partial charge in [0.05, 0.1) is 6.10 Å². The third-order valence-corrected chi connectivity index (χ3v) is 3.63. The maximum atomic E-state index is 12.2. The van der Waals surface area contributed by atoms with Gasteiger partial charge in [0.1, 0.15) is 5.78 Å².